The Morgan fingerprint density at radius 2 is 1.73 bits per heavy atom. The highest BCUT2D eigenvalue weighted by Gasteiger charge is 2.07. The summed E-state index contributed by atoms with van der Waals surface area (Å²) in [6, 6.07) is 7.20. The SMILES string of the molecule is CC(C)C(=O)Nc1ccc([C@@H](C)O)cc1. The Bertz CT molecular complexity index is 328. The Morgan fingerprint density at radius 1 is 1.20 bits per heavy atom. The van der Waals surface area contributed by atoms with Gasteiger partial charge in [-0.3, -0.25) is 4.79 Å². The quantitative estimate of drug-likeness (QED) is 0.799. The van der Waals surface area contributed by atoms with Crippen molar-refractivity contribution < 1.29 is 9.90 Å². The lowest BCUT2D eigenvalue weighted by Gasteiger charge is -2.09. The zero-order chi connectivity index (χ0) is 11.4. The third-order valence-corrected chi connectivity index (χ3v) is 2.19. The van der Waals surface area contributed by atoms with Crippen LogP contribution in [0.4, 0.5) is 5.69 Å². The molecule has 1 aromatic carbocycles. The third-order valence-electron chi connectivity index (χ3n) is 2.19. The number of anilines is 1. The first-order valence-corrected chi connectivity index (χ1v) is 5.09. The molecule has 1 aromatic rings. The maximum absolute atomic E-state index is 11.4. The van der Waals surface area contributed by atoms with Crippen molar-refractivity contribution in [1.29, 1.82) is 0 Å². The van der Waals surface area contributed by atoms with Gasteiger partial charge in [0.15, 0.2) is 0 Å². The summed E-state index contributed by atoms with van der Waals surface area (Å²) in [5.41, 5.74) is 1.61. The highest BCUT2D eigenvalue weighted by atomic mass is 16.3. The lowest BCUT2D eigenvalue weighted by Crippen LogP contribution is -2.17. The number of aliphatic hydroxyl groups is 1. The van der Waals surface area contributed by atoms with Gasteiger partial charge >= 0.3 is 0 Å². The van der Waals surface area contributed by atoms with Gasteiger partial charge in [0.1, 0.15) is 0 Å². The molecule has 0 aromatic heterocycles. The minimum Gasteiger partial charge on any atom is -0.389 e. The number of amides is 1. The van der Waals surface area contributed by atoms with Gasteiger partial charge in [-0.15, -0.1) is 0 Å². The Kier molecular flexibility index (Phi) is 3.86. The molecule has 3 heteroatoms. The predicted molar refractivity (Wildman–Crippen MR) is 60.5 cm³/mol. The predicted octanol–water partition coefficient (Wildman–Crippen LogP) is 2.33. The molecular weight excluding hydrogens is 190 g/mol. The summed E-state index contributed by atoms with van der Waals surface area (Å²) in [5, 5.41) is 12.1. The summed E-state index contributed by atoms with van der Waals surface area (Å²) >= 11 is 0. The Morgan fingerprint density at radius 3 is 2.13 bits per heavy atom. The summed E-state index contributed by atoms with van der Waals surface area (Å²) in [7, 11) is 0. The van der Waals surface area contributed by atoms with E-state index in [0.717, 1.165) is 11.3 Å². The van der Waals surface area contributed by atoms with Crippen LogP contribution >= 0.6 is 0 Å². The van der Waals surface area contributed by atoms with Crippen LogP contribution in [0.25, 0.3) is 0 Å². The molecule has 0 radical (unpaired) electrons. The molecule has 0 heterocycles. The summed E-state index contributed by atoms with van der Waals surface area (Å²) in [4.78, 5) is 11.4. The maximum Gasteiger partial charge on any atom is 0.226 e. The van der Waals surface area contributed by atoms with Crippen molar-refractivity contribution in [2.24, 2.45) is 5.92 Å². The summed E-state index contributed by atoms with van der Waals surface area (Å²) in [6.07, 6.45) is -0.472. The van der Waals surface area contributed by atoms with Crippen molar-refractivity contribution >= 4 is 11.6 Å². The fraction of sp³-hybridized carbons (Fsp3) is 0.417. The molecule has 15 heavy (non-hydrogen) atoms. The number of hydrogen-bond donors (Lipinski definition) is 2. The van der Waals surface area contributed by atoms with Gasteiger partial charge in [-0.1, -0.05) is 26.0 Å². The molecule has 0 bridgehead atoms. The van der Waals surface area contributed by atoms with Crippen molar-refractivity contribution in [2.75, 3.05) is 5.32 Å². The normalized spacial score (nSPS) is 12.6. The second-order valence-electron chi connectivity index (χ2n) is 3.94. The molecule has 0 fully saturated rings. The largest absolute Gasteiger partial charge is 0.389 e. The second-order valence-corrected chi connectivity index (χ2v) is 3.94. The molecule has 0 aliphatic rings. The van der Waals surface area contributed by atoms with E-state index in [0.29, 0.717) is 0 Å². The van der Waals surface area contributed by atoms with E-state index >= 15 is 0 Å². The molecule has 1 atom stereocenters. The van der Waals surface area contributed by atoms with E-state index in [9.17, 15) is 9.90 Å². The fourth-order valence-electron chi connectivity index (χ4n) is 1.13. The fourth-order valence-corrected chi connectivity index (χ4v) is 1.13. The third kappa shape index (κ3) is 3.36. The van der Waals surface area contributed by atoms with Crippen molar-refractivity contribution in [1.82, 2.24) is 0 Å². The molecule has 0 unspecified atom stereocenters. The average Bonchev–Trinajstić information content (AvgIpc) is 2.18. The van der Waals surface area contributed by atoms with E-state index in [-0.39, 0.29) is 11.8 Å². The maximum atomic E-state index is 11.4. The summed E-state index contributed by atoms with van der Waals surface area (Å²) in [5.74, 6) is -0.0266. The number of nitrogens with one attached hydrogen (secondary N) is 1. The number of rotatable bonds is 3. The lowest BCUT2D eigenvalue weighted by molar-refractivity contribution is -0.118. The number of aliphatic hydroxyl groups excluding tert-OH is 1. The van der Waals surface area contributed by atoms with Gasteiger partial charge in [0, 0.05) is 11.6 Å². The van der Waals surface area contributed by atoms with Gasteiger partial charge in [0.25, 0.3) is 0 Å². The first kappa shape index (κ1) is 11.7. The molecule has 82 valence electrons. The molecule has 2 N–H and O–H groups in total. The van der Waals surface area contributed by atoms with E-state index in [1.54, 1.807) is 31.2 Å². The van der Waals surface area contributed by atoms with Gasteiger partial charge in [0.2, 0.25) is 5.91 Å². The number of carbonyl (C=O) groups excluding carboxylic acids is 1. The van der Waals surface area contributed by atoms with Crippen LogP contribution in [0.15, 0.2) is 24.3 Å². The Hall–Kier alpha value is -1.35. The van der Waals surface area contributed by atoms with Crippen molar-refractivity contribution in [3.8, 4) is 0 Å². The monoisotopic (exact) mass is 207 g/mol. The Balaban J connectivity index is 2.69. The number of hydrogen-bond acceptors (Lipinski definition) is 2. The number of benzene rings is 1. The molecule has 1 amide bonds. The minimum absolute atomic E-state index is 0.000188. The van der Waals surface area contributed by atoms with Crippen LogP contribution in [0, 0.1) is 5.92 Å². The standard InChI is InChI=1S/C12H17NO2/c1-8(2)12(15)13-11-6-4-10(5-7-11)9(3)14/h4-9,14H,1-3H3,(H,13,15)/t9-/m1/s1. The van der Waals surface area contributed by atoms with E-state index < -0.39 is 6.10 Å². The topological polar surface area (TPSA) is 49.3 Å². The van der Waals surface area contributed by atoms with Crippen LogP contribution in [-0.2, 0) is 4.79 Å². The molecule has 0 spiro atoms. The van der Waals surface area contributed by atoms with Crippen molar-refractivity contribution in [3.05, 3.63) is 29.8 Å². The lowest BCUT2D eigenvalue weighted by atomic mass is 10.1. The first-order chi connectivity index (χ1) is 7.00. The van der Waals surface area contributed by atoms with Crippen molar-refractivity contribution in [2.45, 2.75) is 26.9 Å². The van der Waals surface area contributed by atoms with Crippen LogP contribution in [0.2, 0.25) is 0 Å². The molecule has 3 nitrogen and oxygen atoms in total. The Labute approximate surface area is 90.1 Å². The van der Waals surface area contributed by atoms with Gasteiger partial charge < -0.3 is 10.4 Å². The van der Waals surface area contributed by atoms with E-state index in [2.05, 4.69) is 5.32 Å². The van der Waals surface area contributed by atoms with Crippen molar-refractivity contribution in [3.63, 3.8) is 0 Å². The van der Waals surface area contributed by atoms with E-state index in [4.69, 9.17) is 0 Å². The van der Waals surface area contributed by atoms with E-state index in [1.165, 1.54) is 0 Å². The smallest absolute Gasteiger partial charge is 0.226 e. The zero-order valence-corrected chi connectivity index (χ0v) is 9.32. The first-order valence-electron chi connectivity index (χ1n) is 5.09. The number of carbonyl (C=O) groups is 1. The zero-order valence-electron chi connectivity index (χ0n) is 9.32. The highest BCUT2D eigenvalue weighted by molar-refractivity contribution is 5.91. The summed E-state index contributed by atoms with van der Waals surface area (Å²) < 4.78 is 0. The summed E-state index contributed by atoms with van der Waals surface area (Å²) in [6.45, 7) is 5.40. The van der Waals surface area contributed by atoms with Crippen LogP contribution in [0.3, 0.4) is 0 Å². The molecule has 0 aliphatic heterocycles. The minimum atomic E-state index is -0.472. The van der Waals surface area contributed by atoms with Crippen LogP contribution in [-0.4, -0.2) is 11.0 Å². The van der Waals surface area contributed by atoms with Gasteiger partial charge in [-0.25, -0.2) is 0 Å². The molecule has 0 saturated heterocycles. The molecule has 1 rings (SSSR count). The van der Waals surface area contributed by atoms with Crippen LogP contribution in [0.1, 0.15) is 32.4 Å². The highest BCUT2D eigenvalue weighted by Crippen LogP contribution is 2.15. The van der Waals surface area contributed by atoms with Gasteiger partial charge in [0.05, 0.1) is 6.10 Å². The van der Waals surface area contributed by atoms with E-state index in [1.807, 2.05) is 13.8 Å². The second kappa shape index (κ2) is 4.94. The van der Waals surface area contributed by atoms with Crippen LogP contribution < -0.4 is 5.32 Å². The molecular formula is C12H17NO2. The molecule has 0 saturated carbocycles. The van der Waals surface area contributed by atoms with Gasteiger partial charge in [-0.05, 0) is 24.6 Å². The van der Waals surface area contributed by atoms with Gasteiger partial charge in [-0.2, -0.15) is 0 Å². The molecule has 0 aliphatic carbocycles. The average molecular weight is 207 g/mol. The van der Waals surface area contributed by atoms with Crippen LogP contribution in [0.5, 0.6) is 0 Å².